The predicted octanol–water partition coefficient (Wildman–Crippen LogP) is 3.80. The maximum absolute atomic E-state index is 13.2. The van der Waals surface area contributed by atoms with E-state index >= 15 is 0 Å². The highest BCUT2D eigenvalue weighted by Gasteiger charge is 2.37. The van der Waals surface area contributed by atoms with Crippen LogP contribution < -0.4 is 0 Å². The minimum absolute atomic E-state index is 0.0212. The van der Waals surface area contributed by atoms with E-state index < -0.39 is 0 Å². The number of furan rings is 1. The van der Waals surface area contributed by atoms with Crippen molar-refractivity contribution in [1.82, 2.24) is 19.7 Å². The summed E-state index contributed by atoms with van der Waals surface area (Å²) in [5, 5.41) is 5.33. The van der Waals surface area contributed by atoms with E-state index in [1.54, 1.807) is 10.9 Å². The lowest BCUT2D eigenvalue weighted by atomic mass is 10.2. The molecule has 1 amide bonds. The normalized spacial score (nSPS) is 21.6. The molecule has 0 aliphatic heterocycles. The summed E-state index contributed by atoms with van der Waals surface area (Å²) < 4.78 is 7.79. The Labute approximate surface area is 158 Å². The van der Waals surface area contributed by atoms with Gasteiger partial charge in [-0.25, -0.2) is 4.98 Å². The highest BCUT2D eigenvalue weighted by atomic mass is 16.3. The van der Waals surface area contributed by atoms with Crippen molar-refractivity contribution < 1.29 is 9.21 Å². The Hall–Kier alpha value is -2.63. The Morgan fingerprint density at radius 1 is 1.37 bits per heavy atom. The van der Waals surface area contributed by atoms with Crippen molar-refractivity contribution in [2.45, 2.75) is 51.6 Å². The number of hydrogen-bond donors (Lipinski definition) is 0. The number of aryl methyl sites for hydroxylation is 2. The summed E-state index contributed by atoms with van der Waals surface area (Å²) in [5.74, 6) is 3.23. The van der Waals surface area contributed by atoms with Gasteiger partial charge >= 0.3 is 0 Å². The van der Waals surface area contributed by atoms with Crippen molar-refractivity contribution >= 4 is 16.9 Å². The van der Waals surface area contributed by atoms with E-state index in [1.165, 1.54) is 6.42 Å². The van der Waals surface area contributed by atoms with Crippen molar-refractivity contribution in [3.63, 3.8) is 0 Å². The number of aromatic nitrogens is 3. The van der Waals surface area contributed by atoms with Gasteiger partial charge in [0.1, 0.15) is 11.5 Å². The second-order valence-electron chi connectivity index (χ2n) is 8.09. The second-order valence-corrected chi connectivity index (χ2v) is 8.09. The van der Waals surface area contributed by atoms with Crippen molar-refractivity contribution in [2.75, 3.05) is 0 Å². The van der Waals surface area contributed by atoms with Crippen LogP contribution in [0, 0.1) is 12.8 Å². The van der Waals surface area contributed by atoms with Crippen LogP contribution in [0.4, 0.5) is 0 Å². The molecule has 0 aromatic carbocycles. The van der Waals surface area contributed by atoms with Gasteiger partial charge in [0.05, 0.1) is 17.8 Å². The molecular weight excluding hydrogens is 340 g/mol. The zero-order valence-electron chi connectivity index (χ0n) is 16.0. The number of rotatable bonds is 5. The maximum Gasteiger partial charge on any atom is 0.256 e. The number of carbonyl (C=O) groups excluding carboxylic acids is 1. The molecule has 0 N–H and O–H groups in total. The van der Waals surface area contributed by atoms with Gasteiger partial charge < -0.3 is 9.32 Å². The Bertz CT molecular complexity index is 1030. The van der Waals surface area contributed by atoms with E-state index in [9.17, 15) is 4.79 Å². The monoisotopic (exact) mass is 364 g/mol. The third kappa shape index (κ3) is 2.93. The van der Waals surface area contributed by atoms with Gasteiger partial charge in [-0.2, -0.15) is 5.10 Å². The van der Waals surface area contributed by atoms with Crippen molar-refractivity contribution in [3.8, 4) is 0 Å². The Kier molecular flexibility index (Phi) is 3.64. The molecule has 27 heavy (non-hydrogen) atoms. The lowest BCUT2D eigenvalue weighted by Crippen LogP contribution is -2.32. The summed E-state index contributed by atoms with van der Waals surface area (Å²) >= 11 is 0. The quantitative estimate of drug-likeness (QED) is 0.691. The number of pyridine rings is 1. The van der Waals surface area contributed by atoms with Gasteiger partial charge in [-0.3, -0.25) is 9.48 Å². The van der Waals surface area contributed by atoms with Gasteiger partial charge in [0, 0.05) is 30.6 Å². The van der Waals surface area contributed by atoms with Crippen LogP contribution in [0.25, 0.3) is 11.0 Å². The molecule has 3 aromatic rings. The fourth-order valence-corrected chi connectivity index (χ4v) is 3.91. The Morgan fingerprint density at radius 2 is 2.15 bits per heavy atom. The highest BCUT2D eigenvalue weighted by Crippen LogP contribution is 2.47. The molecule has 140 valence electrons. The Morgan fingerprint density at radius 3 is 2.85 bits per heavy atom. The lowest BCUT2D eigenvalue weighted by molar-refractivity contribution is 0.0716. The number of amides is 1. The zero-order valence-corrected chi connectivity index (χ0v) is 16.0. The van der Waals surface area contributed by atoms with Crippen molar-refractivity contribution in [2.24, 2.45) is 13.0 Å². The van der Waals surface area contributed by atoms with Gasteiger partial charge in [0.25, 0.3) is 5.91 Å². The molecule has 6 heteroatoms. The maximum atomic E-state index is 13.2. The predicted molar refractivity (Wildman–Crippen MR) is 101 cm³/mol. The lowest BCUT2D eigenvalue weighted by Gasteiger charge is -2.21. The van der Waals surface area contributed by atoms with Crippen LogP contribution in [-0.4, -0.2) is 31.6 Å². The average Bonchev–Trinajstić information content (AvgIpc) is 3.56. The molecule has 6 nitrogen and oxygen atoms in total. The first kappa shape index (κ1) is 16.5. The molecule has 3 aromatic heterocycles. The summed E-state index contributed by atoms with van der Waals surface area (Å²) in [4.78, 5) is 19.6. The van der Waals surface area contributed by atoms with E-state index in [0.29, 0.717) is 30.0 Å². The summed E-state index contributed by atoms with van der Waals surface area (Å²) in [5.41, 5.74) is 2.31. The van der Waals surface area contributed by atoms with Crippen molar-refractivity contribution in [1.29, 1.82) is 0 Å². The third-order valence-corrected chi connectivity index (χ3v) is 5.84. The SMILES string of the molecule is Cc1nn(C)c2ncc(C(=O)N(Cc3ccc(C4CC4C)o3)C3CC3)cc12. The topological polar surface area (TPSA) is 64.2 Å². The van der Waals surface area contributed by atoms with Crippen LogP contribution in [0.5, 0.6) is 0 Å². The molecule has 2 aliphatic carbocycles. The van der Waals surface area contributed by atoms with Gasteiger partial charge in [-0.05, 0) is 50.3 Å². The number of hydrogen-bond acceptors (Lipinski definition) is 4. The van der Waals surface area contributed by atoms with Crippen LogP contribution in [0.15, 0.2) is 28.8 Å². The fourth-order valence-electron chi connectivity index (χ4n) is 3.91. The average molecular weight is 364 g/mol. The molecule has 2 fully saturated rings. The molecule has 0 bridgehead atoms. The van der Waals surface area contributed by atoms with Gasteiger partial charge in [-0.1, -0.05) is 6.92 Å². The first-order chi connectivity index (χ1) is 13.0. The minimum atomic E-state index is 0.0212. The summed E-state index contributed by atoms with van der Waals surface area (Å²) in [6.45, 7) is 4.71. The van der Waals surface area contributed by atoms with Crippen LogP contribution in [-0.2, 0) is 13.6 Å². The van der Waals surface area contributed by atoms with E-state index in [1.807, 2.05) is 31.0 Å². The fraction of sp³-hybridized carbons (Fsp3) is 0.476. The molecule has 3 heterocycles. The summed E-state index contributed by atoms with van der Waals surface area (Å²) in [7, 11) is 1.87. The van der Waals surface area contributed by atoms with E-state index in [4.69, 9.17) is 4.42 Å². The molecular formula is C21H24N4O2. The number of fused-ring (bicyclic) bond motifs is 1. The molecule has 2 atom stereocenters. The molecule has 5 rings (SSSR count). The van der Waals surface area contributed by atoms with Crippen LogP contribution >= 0.6 is 0 Å². The third-order valence-electron chi connectivity index (χ3n) is 5.84. The molecule has 2 unspecified atom stereocenters. The molecule has 2 aliphatic rings. The number of carbonyl (C=O) groups is 1. The summed E-state index contributed by atoms with van der Waals surface area (Å²) in [6, 6.07) is 6.32. The van der Waals surface area contributed by atoms with Crippen LogP contribution in [0.2, 0.25) is 0 Å². The first-order valence-corrected chi connectivity index (χ1v) is 9.70. The van der Waals surface area contributed by atoms with E-state index in [2.05, 4.69) is 23.1 Å². The van der Waals surface area contributed by atoms with Crippen LogP contribution in [0.3, 0.4) is 0 Å². The number of nitrogens with zero attached hydrogens (tertiary/aromatic N) is 4. The zero-order chi connectivity index (χ0) is 18.7. The van der Waals surface area contributed by atoms with Gasteiger partial charge in [0.15, 0.2) is 5.65 Å². The largest absolute Gasteiger partial charge is 0.464 e. The summed E-state index contributed by atoms with van der Waals surface area (Å²) in [6.07, 6.45) is 4.98. The second kappa shape index (κ2) is 5.94. The standard InChI is InChI=1S/C21H24N4O2/c1-12-8-17(12)19-7-6-16(27-19)11-25(15-4-5-15)21(26)14-9-18-13(2)23-24(3)20(18)22-10-14/h6-7,9-10,12,15,17H,4-5,8,11H2,1-3H3. The van der Waals surface area contributed by atoms with Crippen molar-refractivity contribution in [3.05, 3.63) is 47.2 Å². The minimum Gasteiger partial charge on any atom is -0.464 e. The van der Waals surface area contributed by atoms with E-state index in [-0.39, 0.29) is 5.91 Å². The van der Waals surface area contributed by atoms with E-state index in [0.717, 1.165) is 41.1 Å². The molecule has 0 spiro atoms. The molecule has 2 saturated carbocycles. The molecule has 0 saturated heterocycles. The van der Waals surface area contributed by atoms with Gasteiger partial charge in [0.2, 0.25) is 0 Å². The first-order valence-electron chi connectivity index (χ1n) is 9.70. The van der Waals surface area contributed by atoms with Gasteiger partial charge in [-0.15, -0.1) is 0 Å². The molecule has 0 radical (unpaired) electrons. The smallest absolute Gasteiger partial charge is 0.256 e. The highest BCUT2D eigenvalue weighted by molar-refractivity contribution is 5.97. The van der Waals surface area contributed by atoms with Crippen LogP contribution in [0.1, 0.15) is 59.7 Å². The Balaban J connectivity index is 1.41.